The number of benzene rings is 2. The van der Waals surface area contributed by atoms with Crippen molar-refractivity contribution in [1.29, 1.82) is 0 Å². The maximum atomic E-state index is 13.0. The van der Waals surface area contributed by atoms with Crippen molar-refractivity contribution in [2.75, 3.05) is 0 Å². The number of nitrogens with zero attached hydrogens (tertiary/aromatic N) is 2. The summed E-state index contributed by atoms with van der Waals surface area (Å²) in [5.41, 5.74) is 3.23. The molecule has 3 aromatic rings. The van der Waals surface area contributed by atoms with Crippen molar-refractivity contribution in [3.8, 4) is 11.3 Å². The number of hydrogen-bond acceptors (Lipinski definition) is 2. The molecular weight excluding hydrogens is 398 g/mol. The van der Waals surface area contributed by atoms with Crippen molar-refractivity contribution < 1.29 is 4.79 Å². The molecule has 6 heteroatoms. The first-order valence-electron chi connectivity index (χ1n) is 10.2. The Morgan fingerprint density at radius 1 is 1.17 bits per heavy atom. The van der Waals surface area contributed by atoms with Crippen molar-refractivity contribution in [1.82, 2.24) is 14.5 Å². The Morgan fingerprint density at radius 3 is 2.50 bits per heavy atom. The van der Waals surface area contributed by atoms with Gasteiger partial charge in [-0.2, -0.15) is 0 Å². The first-order valence-corrected chi connectivity index (χ1v) is 10.6. The largest absolute Gasteiger partial charge is 0.346 e. The quantitative estimate of drug-likeness (QED) is 0.626. The molecule has 1 saturated carbocycles. The van der Waals surface area contributed by atoms with Crippen molar-refractivity contribution in [3.05, 3.63) is 81.4 Å². The van der Waals surface area contributed by atoms with E-state index in [1.807, 2.05) is 67.8 Å². The second-order valence-electron chi connectivity index (χ2n) is 8.58. The molecule has 0 saturated heterocycles. The number of nitrogens with one attached hydrogen (secondary N) is 1. The lowest BCUT2D eigenvalue weighted by Gasteiger charge is -2.27. The highest BCUT2D eigenvalue weighted by molar-refractivity contribution is 6.30. The van der Waals surface area contributed by atoms with Gasteiger partial charge in [-0.05, 0) is 56.9 Å². The molecule has 1 fully saturated rings. The van der Waals surface area contributed by atoms with Crippen molar-refractivity contribution in [2.45, 2.75) is 51.7 Å². The number of hydrogen-bond donors (Lipinski definition) is 1. The van der Waals surface area contributed by atoms with Crippen LogP contribution in [0, 0.1) is 6.92 Å². The van der Waals surface area contributed by atoms with Gasteiger partial charge in [-0.25, -0.2) is 4.79 Å². The van der Waals surface area contributed by atoms with Gasteiger partial charge in [0.2, 0.25) is 5.91 Å². The minimum atomic E-state index is -0.537. The van der Waals surface area contributed by atoms with Crippen molar-refractivity contribution in [2.24, 2.45) is 0 Å². The van der Waals surface area contributed by atoms with Gasteiger partial charge in [0, 0.05) is 17.3 Å². The number of rotatable bonds is 6. The van der Waals surface area contributed by atoms with Crippen LogP contribution in [-0.4, -0.2) is 15.0 Å². The number of carbonyl (C=O) groups excluding carboxylic acids is 1. The average molecular weight is 424 g/mol. The topological polar surface area (TPSA) is 56.0 Å². The van der Waals surface area contributed by atoms with Gasteiger partial charge in [0.05, 0.1) is 11.2 Å². The van der Waals surface area contributed by atoms with Crippen LogP contribution in [0.5, 0.6) is 0 Å². The number of amides is 1. The zero-order valence-electron chi connectivity index (χ0n) is 17.5. The van der Waals surface area contributed by atoms with Crippen LogP contribution in [0.3, 0.4) is 0 Å². The zero-order valence-corrected chi connectivity index (χ0v) is 18.2. The fourth-order valence-electron chi connectivity index (χ4n) is 3.79. The van der Waals surface area contributed by atoms with E-state index in [0.717, 1.165) is 35.2 Å². The summed E-state index contributed by atoms with van der Waals surface area (Å²) in [6.45, 7) is 5.95. The highest BCUT2D eigenvalue weighted by atomic mass is 35.5. The molecule has 1 aliphatic carbocycles. The molecule has 1 aromatic heterocycles. The molecule has 156 valence electrons. The number of imidazole rings is 1. The number of carbonyl (C=O) groups is 1. The van der Waals surface area contributed by atoms with Crippen LogP contribution < -0.4 is 11.0 Å². The molecule has 1 heterocycles. The van der Waals surface area contributed by atoms with Crippen LogP contribution in [0.25, 0.3) is 11.3 Å². The monoisotopic (exact) mass is 423 g/mol. The second kappa shape index (κ2) is 7.80. The zero-order chi connectivity index (χ0) is 21.5. The molecule has 0 atom stereocenters. The Morgan fingerprint density at radius 2 is 1.87 bits per heavy atom. The number of aryl methyl sites for hydroxylation is 1. The van der Waals surface area contributed by atoms with Crippen LogP contribution in [0.15, 0.2) is 59.5 Å². The standard InChI is InChI=1S/C24H26ClN3O2/c1-16-5-4-6-18(13-16)24(2,3)26-22(29)15-27-14-21(17-7-9-19(25)10-8-17)28(23(27)30)20-11-12-20/h4-10,13-14,20H,11-12,15H2,1-3H3,(H,26,29). The average Bonchev–Trinajstić information content (AvgIpc) is 3.47. The molecule has 4 rings (SSSR count). The highest BCUT2D eigenvalue weighted by Crippen LogP contribution is 2.37. The summed E-state index contributed by atoms with van der Waals surface area (Å²) in [6, 6.07) is 15.7. The van der Waals surface area contributed by atoms with E-state index in [2.05, 4.69) is 11.4 Å². The van der Waals surface area contributed by atoms with Crippen LogP contribution in [-0.2, 0) is 16.9 Å². The second-order valence-corrected chi connectivity index (χ2v) is 9.01. The summed E-state index contributed by atoms with van der Waals surface area (Å²) in [4.78, 5) is 25.9. The Kier molecular flexibility index (Phi) is 5.33. The first kappa shape index (κ1) is 20.5. The molecule has 5 nitrogen and oxygen atoms in total. The third-order valence-corrected chi connectivity index (χ3v) is 5.80. The Bertz CT molecular complexity index is 1140. The van der Waals surface area contributed by atoms with E-state index in [-0.39, 0.29) is 24.2 Å². The summed E-state index contributed by atoms with van der Waals surface area (Å²) in [7, 11) is 0. The van der Waals surface area contributed by atoms with Gasteiger partial charge in [-0.1, -0.05) is 53.6 Å². The maximum absolute atomic E-state index is 13.0. The van der Waals surface area contributed by atoms with E-state index in [4.69, 9.17) is 11.6 Å². The highest BCUT2D eigenvalue weighted by Gasteiger charge is 2.30. The fourth-order valence-corrected chi connectivity index (χ4v) is 3.91. The summed E-state index contributed by atoms with van der Waals surface area (Å²) in [5, 5.41) is 3.72. The van der Waals surface area contributed by atoms with E-state index >= 15 is 0 Å². The van der Waals surface area contributed by atoms with Gasteiger partial charge in [-0.15, -0.1) is 0 Å². The number of aromatic nitrogens is 2. The molecule has 0 radical (unpaired) electrons. The number of halogens is 1. The third-order valence-electron chi connectivity index (χ3n) is 5.55. The smallest absolute Gasteiger partial charge is 0.329 e. The molecule has 2 aromatic carbocycles. The Balaban J connectivity index is 1.59. The third kappa shape index (κ3) is 4.21. The summed E-state index contributed by atoms with van der Waals surface area (Å²) >= 11 is 6.01. The molecule has 1 N–H and O–H groups in total. The fraction of sp³-hybridized carbons (Fsp3) is 0.333. The lowest BCUT2D eigenvalue weighted by Crippen LogP contribution is -2.43. The molecule has 0 aliphatic heterocycles. The van der Waals surface area contributed by atoms with Gasteiger partial charge < -0.3 is 5.32 Å². The molecular formula is C24H26ClN3O2. The minimum absolute atomic E-state index is 0.0195. The molecule has 0 bridgehead atoms. The Labute approximate surface area is 181 Å². The van der Waals surface area contributed by atoms with Gasteiger partial charge in [0.15, 0.2) is 0 Å². The van der Waals surface area contributed by atoms with E-state index in [9.17, 15) is 9.59 Å². The van der Waals surface area contributed by atoms with Crippen LogP contribution in [0.1, 0.15) is 43.9 Å². The van der Waals surface area contributed by atoms with Crippen LogP contribution >= 0.6 is 11.6 Å². The van der Waals surface area contributed by atoms with Gasteiger partial charge in [0.25, 0.3) is 0 Å². The van der Waals surface area contributed by atoms with Crippen molar-refractivity contribution in [3.63, 3.8) is 0 Å². The molecule has 0 spiro atoms. The van der Waals surface area contributed by atoms with Gasteiger partial charge >= 0.3 is 5.69 Å². The van der Waals surface area contributed by atoms with Crippen LogP contribution in [0.2, 0.25) is 5.02 Å². The normalized spacial score (nSPS) is 14.0. The first-order chi connectivity index (χ1) is 14.2. The van der Waals surface area contributed by atoms with Crippen molar-refractivity contribution >= 4 is 17.5 Å². The summed E-state index contributed by atoms with van der Waals surface area (Å²) < 4.78 is 3.31. The van der Waals surface area contributed by atoms with Gasteiger partial charge in [0.1, 0.15) is 6.54 Å². The molecule has 1 amide bonds. The predicted molar refractivity (Wildman–Crippen MR) is 120 cm³/mol. The maximum Gasteiger partial charge on any atom is 0.329 e. The SMILES string of the molecule is Cc1cccc(C(C)(C)NC(=O)Cn2cc(-c3ccc(Cl)cc3)n(C3CC3)c2=O)c1. The van der Waals surface area contributed by atoms with E-state index < -0.39 is 5.54 Å². The van der Waals surface area contributed by atoms with E-state index in [0.29, 0.717) is 5.02 Å². The predicted octanol–water partition coefficient (Wildman–Crippen LogP) is 4.67. The minimum Gasteiger partial charge on any atom is -0.346 e. The molecule has 1 aliphatic rings. The van der Waals surface area contributed by atoms with Crippen LogP contribution in [0.4, 0.5) is 0 Å². The lowest BCUT2D eigenvalue weighted by molar-refractivity contribution is -0.123. The molecule has 0 unspecified atom stereocenters. The molecule has 30 heavy (non-hydrogen) atoms. The van der Waals surface area contributed by atoms with E-state index in [1.165, 1.54) is 4.57 Å². The summed E-state index contributed by atoms with van der Waals surface area (Å²) in [5.74, 6) is -0.195. The summed E-state index contributed by atoms with van der Waals surface area (Å²) in [6.07, 6.45) is 3.75. The lowest BCUT2D eigenvalue weighted by atomic mass is 9.93. The Hall–Kier alpha value is -2.79. The van der Waals surface area contributed by atoms with E-state index in [1.54, 1.807) is 6.20 Å². The van der Waals surface area contributed by atoms with Gasteiger partial charge in [-0.3, -0.25) is 13.9 Å².